The van der Waals surface area contributed by atoms with Crippen LogP contribution in [0.15, 0.2) is 47.4 Å². The summed E-state index contributed by atoms with van der Waals surface area (Å²) in [5.41, 5.74) is 1.64. The zero-order valence-electron chi connectivity index (χ0n) is 17.5. The number of morpholine rings is 1. The van der Waals surface area contributed by atoms with Gasteiger partial charge in [-0.3, -0.25) is 9.59 Å². The molecule has 1 fully saturated rings. The molecule has 31 heavy (non-hydrogen) atoms. The summed E-state index contributed by atoms with van der Waals surface area (Å²) in [6.07, 6.45) is 0.884. The fraction of sp³-hybridized carbons (Fsp3) is 0.391. The van der Waals surface area contributed by atoms with Gasteiger partial charge in [-0.2, -0.15) is 0 Å². The number of thioether (sulfide) groups is 1. The number of benzene rings is 2. The summed E-state index contributed by atoms with van der Waals surface area (Å²) < 4.78 is 16.4. The summed E-state index contributed by atoms with van der Waals surface area (Å²) in [7, 11) is 1.52. The summed E-state index contributed by atoms with van der Waals surface area (Å²) in [5, 5.41) is 3.13. The van der Waals surface area contributed by atoms with Crippen LogP contribution in [-0.2, 0) is 9.53 Å². The molecule has 0 spiro atoms. The van der Waals surface area contributed by atoms with E-state index in [0.717, 1.165) is 17.7 Å². The number of methoxy groups -OCH3 is 1. The van der Waals surface area contributed by atoms with Gasteiger partial charge in [0.2, 0.25) is 0 Å². The highest BCUT2D eigenvalue weighted by atomic mass is 32.2. The van der Waals surface area contributed by atoms with Gasteiger partial charge in [-0.05, 0) is 36.2 Å². The number of rotatable bonds is 6. The van der Waals surface area contributed by atoms with Crippen molar-refractivity contribution >= 4 is 23.6 Å². The largest absolute Gasteiger partial charge is 0.493 e. The Hall–Kier alpha value is -2.71. The molecule has 1 atom stereocenters. The molecule has 0 radical (unpaired) electrons. The van der Waals surface area contributed by atoms with E-state index in [1.54, 1.807) is 23.1 Å². The van der Waals surface area contributed by atoms with Crippen LogP contribution in [0.4, 0.5) is 0 Å². The SMILES string of the molecule is COc1cc(C(=O)N[C@@H]2CCSc3ccccc32)ccc1OCC(=O)N1CCOCC1. The fourth-order valence-corrected chi connectivity index (χ4v) is 4.83. The van der Waals surface area contributed by atoms with E-state index in [2.05, 4.69) is 17.4 Å². The van der Waals surface area contributed by atoms with Crippen molar-refractivity contribution in [3.05, 3.63) is 53.6 Å². The molecular formula is C23H26N2O5S. The molecule has 0 aliphatic carbocycles. The van der Waals surface area contributed by atoms with Crippen LogP contribution in [0.25, 0.3) is 0 Å². The van der Waals surface area contributed by atoms with Crippen LogP contribution in [0, 0.1) is 0 Å². The van der Waals surface area contributed by atoms with Gasteiger partial charge in [0.15, 0.2) is 18.1 Å². The minimum absolute atomic E-state index is 0.0157. The van der Waals surface area contributed by atoms with Crippen molar-refractivity contribution < 1.29 is 23.8 Å². The van der Waals surface area contributed by atoms with Gasteiger partial charge in [-0.1, -0.05) is 18.2 Å². The number of nitrogens with zero attached hydrogens (tertiary/aromatic N) is 1. The van der Waals surface area contributed by atoms with Crippen molar-refractivity contribution in [2.75, 3.05) is 45.8 Å². The highest BCUT2D eigenvalue weighted by Gasteiger charge is 2.23. The van der Waals surface area contributed by atoms with Crippen LogP contribution in [0.3, 0.4) is 0 Å². The predicted molar refractivity (Wildman–Crippen MR) is 118 cm³/mol. The molecule has 2 amide bonds. The Kier molecular flexibility index (Phi) is 6.99. The predicted octanol–water partition coefficient (Wildman–Crippen LogP) is 2.90. The lowest BCUT2D eigenvalue weighted by Crippen LogP contribution is -2.43. The highest BCUT2D eigenvalue weighted by molar-refractivity contribution is 7.99. The van der Waals surface area contributed by atoms with Gasteiger partial charge in [0.25, 0.3) is 11.8 Å². The number of fused-ring (bicyclic) bond motifs is 1. The minimum atomic E-state index is -0.166. The van der Waals surface area contributed by atoms with E-state index in [0.29, 0.717) is 43.4 Å². The van der Waals surface area contributed by atoms with E-state index in [1.807, 2.05) is 23.9 Å². The van der Waals surface area contributed by atoms with Gasteiger partial charge in [-0.25, -0.2) is 0 Å². The van der Waals surface area contributed by atoms with Crippen molar-refractivity contribution in [1.29, 1.82) is 0 Å². The average molecular weight is 443 g/mol. The standard InChI is InChI=1S/C23H26N2O5S/c1-28-20-14-16(6-7-19(20)30-15-22(26)25-9-11-29-12-10-25)23(27)24-18-8-13-31-21-5-3-2-4-17(18)21/h2-7,14,18H,8-13,15H2,1H3,(H,24,27)/t18-/m1/s1. The lowest BCUT2D eigenvalue weighted by molar-refractivity contribution is -0.137. The maximum absolute atomic E-state index is 12.9. The van der Waals surface area contributed by atoms with E-state index >= 15 is 0 Å². The molecule has 2 aromatic rings. The summed E-state index contributed by atoms with van der Waals surface area (Å²) >= 11 is 1.82. The van der Waals surface area contributed by atoms with Gasteiger partial charge in [0, 0.05) is 29.3 Å². The van der Waals surface area contributed by atoms with Crippen molar-refractivity contribution in [3.8, 4) is 11.5 Å². The molecule has 8 heteroatoms. The van der Waals surface area contributed by atoms with Crippen LogP contribution in [-0.4, -0.2) is 62.5 Å². The maximum atomic E-state index is 12.9. The first kappa shape index (κ1) is 21.5. The van der Waals surface area contributed by atoms with Crippen LogP contribution in [0.5, 0.6) is 11.5 Å². The molecule has 0 aromatic heterocycles. The number of hydrogen-bond acceptors (Lipinski definition) is 6. The zero-order chi connectivity index (χ0) is 21.6. The van der Waals surface area contributed by atoms with Crippen molar-refractivity contribution in [2.24, 2.45) is 0 Å². The third-order valence-electron chi connectivity index (χ3n) is 5.40. The van der Waals surface area contributed by atoms with Crippen molar-refractivity contribution in [1.82, 2.24) is 10.2 Å². The summed E-state index contributed by atoms with van der Waals surface area (Å²) in [4.78, 5) is 28.1. The molecule has 1 saturated heterocycles. The first-order valence-electron chi connectivity index (χ1n) is 10.3. The second-order valence-corrected chi connectivity index (χ2v) is 8.49. The first-order chi connectivity index (χ1) is 15.2. The lowest BCUT2D eigenvalue weighted by atomic mass is 10.0. The van der Waals surface area contributed by atoms with Gasteiger partial charge in [0.05, 0.1) is 26.4 Å². The maximum Gasteiger partial charge on any atom is 0.260 e. The first-order valence-corrected chi connectivity index (χ1v) is 11.3. The smallest absolute Gasteiger partial charge is 0.260 e. The molecule has 2 aromatic carbocycles. The topological polar surface area (TPSA) is 77.1 Å². The number of ether oxygens (including phenoxy) is 3. The molecule has 4 rings (SSSR count). The number of nitrogens with one attached hydrogen (secondary N) is 1. The van der Waals surface area contributed by atoms with Gasteiger partial charge < -0.3 is 24.4 Å². The molecule has 0 saturated carbocycles. The van der Waals surface area contributed by atoms with Crippen LogP contribution < -0.4 is 14.8 Å². The second kappa shape index (κ2) is 10.1. The third-order valence-corrected chi connectivity index (χ3v) is 6.53. The number of amides is 2. The quantitative estimate of drug-likeness (QED) is 0.741. The molecular weight excluding hydrogens is 416 g/mol. The van der Waals surface area contributed by atoms with E-state index < -0.39 is 0 Å². The molecule has 164 valence electrons. The Balaban J connectivity index is 1.40. The van der Waals surface area contributed by atoms with Crippen molar-refractivity contribution in [3.63, 3.8) is 0 Å². The molecule has 1 N–H and O–H groups in total. The second-order valence-electron chi connectivity index (χ2n) is 7.35. The molecule has 2 heterocycles. The van der Waals surface area contributed by atoms with Gasteiger partial charge in [-0.15, -0.1) is 11.8 Å². The van der Waals surface area contributed by atoms with E-state index in [4.69, 9.17) is 14.2 Å². The van der Waals surface area contributed by atoms with Gasteiger partial charge >= 0.3 is 0 Å². The minimum Gasteiger partial charge on any atom is -0.493 e. The van der Waals surface area contributed by atoms with E-state index in [1.165, 1.54) is 12.0 Å². The Labute approximate surface area is 186 Å². The summed E-state index contributed by atoms with van der Waals surface area (Å²) in [6, 6.07) is 13.2. The Bertz CT molecular complexity index is 945. The normalized spacial score (nSPS) is 18.1. The Morgan fingerprint density at radius 3 is 2.77 bits per heavy atom. The number of carbonyl (C=O) groups is 2. The lowest BCUT2D eigenvalue weighted by Gasteiger charge is -2.27. The van der Waals surface area contributed by atoms with E-state index in [-0.39, 0.29) is 24.5 Å². The fourth-order valence-electron chi connectivity index (χ4n) is 3.71. The Morgan fingerprint density at radius 1 is 1.16 bits per heavy atom. The average Bonchev–Trinajstić information content (AvgIpc) is 2.83. The van der Waals surface area contributed by atoms with Crippen LogP contribution in [0.2, 0.25) is 0 Å². The van der Waals surface area contributed by atoms with Gasteiger partial charge in [0.1, 0.15) is 0 Å². The molecule has 2 aliphatic rings. The Morgan fingerprint density at radius 2 is 1.97 bits per heavy atom. The monoisotopic (exact) mass is 442 g/mol. The van der Waals surface area contributed by atoms with Crippen LogP contribution >= 0.6 is 11.8 Å². The third kappa shape index (κ3) is 5.14. The molecule has 2 aliphatic heterocycles. The van der Waals surface area contributed by atoms with E-state index in [9.17, 15) is 9.59 Å². The highest BCUT2D eigenvalue weighted by Crippen LogP contribution is 2.36. The zero-order valence-corrected chi connectivity index (χ0v) is 18.3. The van der Waals surface area contributed by atoms with Crippen LogP contribution in [0.1, 0.15) is 28.4 Å². The molecule has 0 unspecified atom stereocenters. The summed E-state index contributed by atoms with van der Waals surface area (Å²) in [6.45, 7) is 2.15. The number of carbonyl (C=O) groups excluding carboxylic acids is 2. The number of hydrogen-bond donors (Lipinski definition) is 1. The molecule has 0 bridgehead atoms. The summed E-state index contributed by atoms with van der Waals surface area (Å²) in [5.74, 6) is 1.55. The molecule has 7 nitrogen and oxygen atoms in total. The van der Waals surface area contributed by atoms with Crippen molar-refractivity contribution in [2.45, 2.75) is 17.4 Å².